The summed E-state index contributed by atoms with van der Waals surface area (Å²) in [5.41, 5.74) is 5.94. The number of rotatable bonds is 3. The second kappa shape index (κ2) is 5.80. The van der Waals surface area contributed by atoms with E-state index in [0.717, 1.165) is 17.6 Å². The van der Waals surface area contributed by atoms with Crippen LogP contribution >= 0.6 is 27.3 Å². The molecule has 0 bridgehead atoms. The highest BCUT2D eigenvalue weighted by molar-refractivity contribution is 9.10. The lowest BCUT2D eigenvalue weighted by molar-refractivity contribution is -0.0795. The SMILES string of the molecule is C[C@@H]1CN(C(CN)c2cc(Br)cs2)C[C@H](C)O1. The van der Waals surface area contributed by atoms with Gasteiger partial charge in [0, 0.05) is 34.4 Å². The first-order valence-corrected chi connectivity index (χ1v) is 7.61. The first-order chi connectivity index (χ1) is 8.10. The molecule has 0 aromatic carbocycles. The molecular weight excluding hydrogens is 300 g/mol. The van der Waals surface area contributed by atoms with E-state index < -0.39 is 0 Å². The number of morpholine rings is 1. The standard InChI is InChI=1S/C12H19BrN2OS/c1-8-5-15(6-9(2)16-8)11(4-14)12-3-10(13)7-17-12/h3,7-9,11H,4-6,14H2,1-2H3/t8-,9+,11?. The van der Waals surface area contributed by atoms with Crippen molar-refractivity contribution in [1.82, 2.24) is 4.90 Å². The van der Waals surface area contributed by atoms with E-state index in [2.05, 4.69) is 46.1 Å². The van der Waals surface area contributed by atoms with Gasteiger partial charge in [0.2, 0.25) is 0 Å². The Morgan fingerprint density at radius 2 is 2.18 bits per heavy atom. The first-order valence-electron chi connectivity index (χ1n) is 5.93. The molecule has 1 saturated heterocycles. The Morgan fingerprint density at radius 1 is 1.53 bits per heavy atom. The fraction of sp³-hybridized carbons (Fsp3) is 0.667. The van der Waals surface area contributed by atoms with Crippen LogP contribution in [0, 0.1) is 0 Å². The predicted octanol–water partition coefficient (Wildman–Crippen LogP) is 2.62. The third kappa shape index (κ3) is 3.29. The smallest absolute Gasteiger partial charge is 0.0678 e. The Hall–Kier alpha value is 0.0600. The highest BCUT2D eigenvalue weighted by Crippen LogP contribution is 2.30. The number of hydrogen-bond donors (Lipinski definition) is 1. The van der Waals surface area contributed by atoms with Crippen LogP contribution in [-0.2, 0) is 4.74 Å². The van der Waals surface area contributed by atoms with Crippen LogP contribution in [0.4, 0.5) is 0 Å². The summed E-state index contributed by atoms with van der Waals surface area (Å²) in [5.74, 6) is 0. The predicted molar refractivity (Wildman–Crippen MR) is 75.4 cm³/mol. The molecule has 1 aliphatic heterocycles. The average Bonchev–Trinajstić information content (AvgIpc) is 2.64. The quantitative estimate of drug-likeness (QED) is 0.931. The highest BCUT2D eigenvalue weighted by atomic mass is 79.9. The highest BCUT2D eigenvalue weighted by Gasteiger charge is 2.28. The van der Waals surface area contributed by atoms with Gasteiger partial charge < -0.3 is 10.5 Å². The van der Waals surface area contributed by atoms with Crippen molar-refractivity contribution < 1.29 is 4.74 Å². The zero-order valence-electron chi connectivity index (χ0n) is 10.2. The van der Waals surface area contributed by atoms with Crippen LogP contribution < -0.4 is 5.73 Å². The van der Waals surface area contributed by atoms with Crippen molar-refractivity contribution in [1.29, 1.82) is 0 Å². The van der Waals surface area contributed by atoms with Gasteiger partial charge in [-0.15, -0.1) is 11.3 Å². The third-order valence-electron chi connectivity index (χ3n) is 3.03. The molecule has 5 heteroatoms. The van der Waals surface area contributed by atoms with E-state index in [0.29, 0.717) is 12.6 Å². The first kappa shape index (κ1) is 13.5. The normalized spacial score (nSPS) is 28.2. The lowest BCUT2D eigenvalue weighted by Crippen LogP contribution is -2.48. The molecule has 1 fully saturated rings. The Bertz CT molecular complexity index is 361. The van der Waals surface area contributed by atoms with Crippen molar-refractivity contribution in [3.05, 3.63) is 20.8 Å². The molecule has 3 atom stereocenters. The number of nitrogens with zero attached hydrogens (tertiary/aromatic N) is 1. The van der Waals surface area contributed by atoms with E-state index in [4.69, 9.17) is 10.5 Å². The zero-order chi connectivity index (χ0) is 12.4. The Balaban J connectivity index is 2.12. The molecular formula is C12H19BrN2OS. The summed E-state index contributed by atoms with van der Waals surface area (Å²) in [4.78, 5) is 3.78. The van der Waals surface area contributed by atoms with Gasteiger partial charge in [0.15, 0.2) is 0 Å². The molecule has 0 saturated carbocycles. The van der Waals surface area contributed by atoms with Crippen molar-refractivity contribution >= 4 is 27.3 Å². The largest absolute Gasteiger partial charge is 0.373 e. The maximum atomic E-state index is 5.94. The van der Waals surface area contributed by atoms with Gasteiger partial charge >= 0.3 is 0 Å². The second-order valence-electron chi connectivity index (χ2n) is 4.63. The molecule has 3 nitrogen and oxygen atoms in total. The summed E-state index contributed by atoms with van der Waals surface area (Å²) in [6, 6.07) is 2.49. The molecule has 0 aliphatic carbocycles. The van der Waals surface area contributed by atoms with Crippen LogP contribution in [0.25, 0.3) is 0 Å². The number of ether oxygens (including phenoxy) is 1. The zero-order valence-corrected chi connectivity index (χ0v) is 12.6. The molecule has 2 N–H and O–H groups in total. The minimum absolute atomic E-state index is 0.288. The van der Waals surface area contributed by atoms with Gasteiger partial charge in [-0.05, 0) is 35.8 Å². The molecule has 2 heterocycles. The van der Waals surface area contributed by atoms with Crippen LogP contribution in [0.5, 0.6) is 0 Å². The molecule has 0 spiro atoms. The maximum absolute atomic E-state index is 5.94. The van der Waals surface area contributed by atoms with Crippen LogP contribution in [0.15, 0.2) is 15.9 Å². The molecule has 1 aliphatic rings. The third-order valence-corrected chi connectivity index (χ3v) is 4.82. The van der Waals surface area contributed by atoms with E-state index in [-0.39, 0.29) is 12.2 Å². The maximum Gasteiger partial charge on any atom is 0.0678 e. The summed E-state index contributed by atoms with van der Waals surface area (Å²) in [6.07, 6.45) is 0.576. The summed E-state index contributed by atoms with van der Waals surface area (Å²) in [7, 11) is 0. The molecule has 0 amide bonds. The van der Waals surface area contributed by atoms with Crippen molar-refractivity contribution in [2.24, 2.45) is 5.73 Å². The van der Waals surface area contributed by atoms with Crippen molar-refractivity contribution in [2.75, 3.05) is 19.6 Å². The molecule has 17 heavy (non-hydrogen) atoms. The van der Waals surface area contributed by atoms with Crippen molar-refractivity contribution in [3.63, 3.8) is 0 Å². The van der Waals surface area contributed by atoms with Gasteiger partial charge in [-0.1, -0.05) is 0 Å². The van der Waals surface area contributed by atoms with E-state index in [9.17, 15) is 0 Å². The van der Waals surface area contributed by atoms with Crippen molar-refractivity contribution in [3.8, 4) is 0 Å². The van der Waals surface area contributed by atoms with E-state index in [1.165, 1.54) is 4.88 Å². The second-order valence-corrected chi connectivity index (χ2v) is 6.49. The van der Waals surface area contributed by atoms with Gasteiger partial charge in [-0.3, -0.25) is 4.90 Å². The van der Waals surface area contributed by atoms with Gasteiger partial charge in [-0.25, -0.2) is 0 Å². The molecule has 0 radical (unpaired) electrons. The monoisotopic (exact) mass is 318 g/mol. The number of halogens is 1. The molecule has 1 aromatic heterocycles. The van der Waals surface area contributed by atoms with Crippen LogP contribution in [0.2, 0.25) is 0 Å². The van der Waals surface area contributed by atoms with Crippen LogP contribution in [-0.4, -0.2) is 36.7 Å². The summed E-state index contributed by atoms with van der Waals surface area (Å²) < 4.78 is 6.91. The summed E-state index contributed by atoms with van der Waals surface area (Å²) in [5, 5.41) is 2.12. The number of thiophene rings is 1. The Labute approximate surface area is 115 Å². The van der Waals surface area contributed by atoms with Gasteiger partial charge in [-0.2, -0.15) is 0 Å². The number of hydrogen-bond acceptors (Lipinski definition) is 4. The Morgan fingerprint density at radius 3 is 2.65 bits per heavy atom. The van der Waals surface area contributed by atoms with Crippen LogP contribution in [0.3, 0.4) is 0 Å². The summed E-state index contributed by atoms with van der Waals surface area (Å²) in [6.45, 7) is 6.83. The molecule has 1 unspecified atom stereocenters. The molecule has 96 valence electrons. The van der Waals surface area contributed by atoms with Gasteiger partial charge in [0.1, 0.15) is 0 Å². The topological polar surface area (TPSA) is 38.5 Å². The fourth-order valence-corrected chi connectivity index (χ4v) is 4.01. The molecule has 2 rings (SSSR count). The van der Waals surface area contributed by atoms with E-state index in [1.54, 1.807) is 11.3 Å². The molecule has 1 aromatic rings. The lowest BCUT2D eigenvalue weighted by Gasteiger charge is -2.39. The fourth-order valence-electron chi connectivity index (χ4n) is 2.42. The van der Waals surface area contributed by atoms with E-state index in [1.807, 2.05) is 0 Å². The van der Waals surface area contributed by atoms with Gasteiger partial charge in [0.05, 0.1) is 18.2 Å². The van der Waals surface area contributed by atoms with E-state index >= 15 is 0 Å². The minimum Gasteiger partial charge on any atom is -0.373 e. The minimum atomic E-state index is 0.288. The lowest BCUT2D eigenvalue weighted by atomic mass is 10.1. The summed E-state index contributed by atoms with van der Waals surface area (Å²) >= 11 is 5.27. The van der Waals surface area contributed by atoms with Gasteiger partial charge in [0.25, 0.3) is 0 Å². The van der Waals surface area contributed by atoms with Crippen LogP contribution in [0.1, 0.15) is 24.8 Å². The average molecular weight is 319 g/mol. The Kier molecular flexibility index (Phi) is 4.60. The number of nitrogens with two attached hydrogens (primary N) is 1. The van der Waals surface area contributed by atoms with Crippen molar-refractivity contribution in [2.45, 2.75) is 32.1 Å².